The lowest BCUT2D eigenvalue weighted by Gasteiger charge is -2.23. The van der Waals surface area contributed by atoms with Gasteiger partial charge in [0.1, 0.15) is 0 Å². The van der Waals surface area contributed by atoms with Crippen molar-refractivity contribution in [1.82, 2.24) is 4.90 Å². The van der Waals surface area contributed by atoms with Crippen molar-refractivity contribution in [3.8, 4) is 0 Å². The molecular weight excluding hydrogens is 301 g/mol. The zero-order valence-corrected chi connectivity index (χ0v) is 12.3. The second-order valence-electron chi connectivity index (χ2n) is 4.89. The predicted octanol–water partition coefficient (Wildman–Crippen LogP) is 3.00. The Labute approximate surface area is 127 Å². The third-order valence-corrected chi connectivity index (χ3v) is 4.05. The molecule has 1 aromatic carbocycles. The number of aliphatic carboxylic acids is 1. The van der Waals surface area contributed by atoms with Crippen LogP contribution in [0.15, 0.2) is 18.2 Å². The Bertz CT molecular complexity index is 533. The van der Waals surface area contributed by atoms with Crippen molar-refractivity contribution in [2.24, 2.45) is 0 Å². The number of carboxylic acid groups (broad SMARTS) is 1. The van der Waals surface area contributed by atoms with E-state index in [1.165, 1.54) is 0 Å². The van der Waals surface area contributed by atoms with Crippen LogP contribution in [0.5, 0.6) is 0 Å². The molecule has 0 aromatic heterocycles. The molecule has 0 spiro atoms. The summed E-state index contributed by atoms with van der Waals surface area (Å²) in [5.74, 6) is -0.961. The van der Waals surface area contributed by atoms with Crippen LogP contribution in [-0.4, -0.2) is 34.5 Å². The SMILES string of the molecule is O=C(O)CC1CCCN1C(=O)Cc1ccc(Cl)cc1Cl. The highest BCUT2D eigenvalue weighted by atomic mass is 35.5. The second kappa shape index (κ2) is 6.46. The van der Waals surface area contributed by atoms with Crippen molar-refractivity contribution in [2.75, 3.05) is 6.54 Å². The Balaban J connectivity index is 2.05. The van der Waals surface area contributed by atoms with Crippen LogP contribution in [0.1, 0.15) is 24.8 Å². The summed E-state index contributed by atoms with van der Waals surface area (Å²) in [6.07, 6.45) is 1.76. The molecule has 4 nitrogen and oxygen atoms in total. The van der Waals surface area contributed by atoms with E-state index in [2.05, 4.69) is 0 Å². The monoisotopic (exact) mass is 315 g/mol. The first-order valence-corrected chi connectivity index (χ1v) is 7.18. The number of carboxylic acids is 1. The summed E-state index contributed by atoms with van der Waals surface area (Å²) < 4.78 is 0. The van der Waals surface area contributed by atoms with Crippen molar-refractivity contribution in [1.29, 1.82) is 0 Å². The van der Waals surface area contributed by atoms with Crippen molar-refractivity contribution < 1.29 is 14.7 Å². The number of carbonyl (C=O) groups is 2. The molecule has 1 aliphatic rings. The number of likely N-dealkylation sites (tertiary alicyclic amines) is 1. The molecule has 2 rings (SSSR count). The number of rotatable bonds is 4. The molecule has 1 N–H and O–H groups in total. The van der Waals surface area contributed by atoms with Gasteiger partial charge < -0.3 is 10.0 Å². The first-order valence-electron chi connectivity index (χ1n) is 6.42. The standard InChI is InChI=1S/C14H15Cl2NO3/c15-10-4-3-9(12(16)7-10)6-13(18)17-5-1-2-11(17)8-14(19)20/h3-4,7,11H,1-2,5-6,8H2,(H,19,20). The minimum absolute atomic E-state index is 0.0000893. The van der Waals surface area contributed by atoms with Crippen LogP contribution >= 0.6 is 23.2 Å². The summed E-state index contributed by atoms with van der Waals surface area (Å²) in [4.78, 5) is 24.7. The molecule has 1 heterocycles. The van der Waals surface area contributed by atoms with E-state index in [1.54, 1.807) is 23.1 Å². The van der Waals surface area contributed by atoms with Crippen LogP contribution in [0.4, 0.5) is 0 Å². The van der Waals surface area contributed by atoms with E-state index in [-0.39, 0.29) is 24.8 Å². The van der Waals surface area contributed by atoms with E-state index in [0.717, 1.165) is 12.8 Å². The fourth-order valence-corrected chi connectivity index (χ4v) is 2.98. The van der Waals surface area contributed by atoms with Gasteiger partial charge in [0.15, 0.2) is 0 Å². The normalized spacial score (nSPS) is 18.3. The summed E-state index contributed by atoms with van der Waals surface area (Å²) in [7, 11) is 0. The average Bonchev–Trinajstić information content (AvgIpc) is 2.80. The molecule has 0 saturated carbocycles. The zero-order chi connectivity index (χ0) is 14.7. The van der Waals surface area contributed by atoms with Gasteiger partial charge >= 0.3 is 5.97 Å². The highest BCUT2D eigenvalue weighted by molar-refractivity contribution is 6.35. The first kappa shape index (κ1) is 15.1. The highest BCUT2D eigenvalue weighted by Crippen LogP contribution is 2.25. The van der Waals surface area contributed by atoms with Crippen LogP contribution in [-0.2, 0) is 16.0 Å². The summed E-state index contributed by atoms with van der Waals surface area (Å²) >= 11 is 11.9. The van der Waals surface area contributed by atoms with Gasteiger partial charge in [0, 0.05) is 22.6 Å². The third kappa shape index (κ3) is 3.64. The van der Waals surface area contributed by atoms with Crippen molar-refractivity contribution in [3.05, 3.63) is 33.8 Å². The maximum Gasteiger partial charge on any atom is 0.305 e. The van der Waals surface area contributed by atoms with Gasteiger partial charge in [0.05, 0.1) is 12.8 Å². The van der Waals surface area contributed by atoms with E-state index >= 15 is 0 Å². The van der Waals surface area contributed by atoms with Gasteiger partial charge in [-0.05, 0) is 30.5 Å². The summed E-state index contributed by atoms with van der Waals surface area (Å²) in [6, 6.07) is 4.82. The Morgan fingerprint density at radius 3 is 2.75 bits per heavy atom. The zero-order valence-electron chi connectivity index (χ0n) is 10.8. The summed E-state index contributed by atoms with van der Waals surface area (Å²) in [6.45, 7) is 0.613. The van der Waals surface area contributed by atoms with Crippen molar-refractivity contribution in [3.63, 3.8) is 0 Å². The second-order valence-corrected chi connectivity index (χ2v) is 5.74. The van der Waals surface area contributed by atoms with E-state index in [9.17, 15) is 9.59 Å². The smallest absolute Gasteiger partial charge is 0.305 e. The molecule has 1 fully saturated rings. The Hall–Kier alpha value is -1.26. The number of hydrogen-bond donors (Lipinski definition) is 1. The van der Waals surface area contributed by atoms with Crippen LogP contribution in [0, 0.1) is 0 Å². The summed E-state index contributed by atoms with van der Waals surface area (Å²) in [5.41, 5.74) is 0.710. The van der Waals surface area contributed by atoms with Crippen LogP contribution < -0.4 is 0 Å². The largest absolute Gasteiger partial charge is 0.481 e. The molecule has 0 radical (unpaired) electrons. The number of nitrogens with zero attached hydrogens (tertiary/aromatic N) is 1. The van der Waals surface area contributed by atoms with Crippen LogP contribution in [0.25, 0.3) is 0 Å². The molecule has 1 unspecified atom stereocenters. The molecule has 20 heavy (non-hydrogen) atoms. The Morgan fingerprint density at radius 1 is 1.35 bits per heavy atom. The van der Waals surface area contributed by atoms with E-state index in [1.807, 2.05) is 0 Å². The lowest BCUT2D eigenvalue weighted by atomic mass is 10.1. The average molecular weight is 316 g/mol. The summed E-state index contributed by atoms with van der Waals surface area (Å²) in [5, 5.41) is 9.85. The first-order chi connectivity index (χ1) is 9.47. The van der Waals surface area contributed by atoms with E-state index in [0.29, 0.717) is 22.2 Å². The minimum Gasteiger partial charge on any atom is -0.481 e. The van der Waals surface area contributed by atoms with Gasteiger partial charge in [0.2, 0.25) is 5.91 Å². The molecule has 1 saturated heterocycles. The van der Waals surface area contributed by atoms with Gasteiger partial charge in [0.25, 0.3) is 0 Å². The number of amides is 1. The van der Waals surface area contributed by atoms with Crippen molar-refractivity contribution in [2.45, 2.75) is 31.7 Å². The fourth-order valence-electron chi connectivity index (χ4n) is 2.51. The molecule has 1 amide bonds. The molecule has 0 bridgehead atoms. The molecule has 1 aliphatic heterocycles. The number of benzene rings is 1. The van der Waals surface area contributed by atoms with E-state index < -0.39 is 5.97 Å². The Kier molecular flexibility index (Phi) is 4.89. The van der Waals surface area contributed by atoms with E-state index in [4.69, 9.17) is 28.3 Å². The number of halogens is 2. The maximum absolute atomic E-state index is 12.3. The number of hydrogen-bond acceptors (Lipinski definition) is 2. The van der Waals surface area contributed by atoms with Crippen LogP contribution in [0.3, 0.4) is 0 Å². The number of carbonyl (C=O) groups excluding carboxylic acids is 1. The predicted molar refractivity (Wildman–Crippen MR) is 77.2 cm³/mol. The van der Waals surface area contributed by atoms with Gasteiger partial charge in [-0.25, -0.2) is 0 Å². The lowest BCUT2D eigenvalue weighted by Crippen LogP contribution is -2.37. The fraction of sp³-hybridized carbons (Fsp3) is 0.429. The van der Waals surface area contributed by atoms with Crippen LogP contribution in [0.2, 0.25) is 10.0 Å². The van der Waals surface area contributed by atoms with Gasteiger partial charge in [-0.15, -0.1) is 0 Å². The molecule has 6 heteroatoms. The third-order valence-electron chi connectivity index (χ3n) is 3.46. The maximum atomic E-state index is 12.3. The highest BCUT2D eigenvalue weighted by Gasteiger charge is 2.30. The molecule has 108 valence electrons. The Morgan fingerprint density at radius 2 is 2.10 bits per heavy atom. The minimum atomic E-state index is -0.876. The van der Waals surface area contributed by atoms with Gasteiger partial charge in [-0.3, -0.25) is 9.59 Å². The quantitative estimate of drug-likeness (QED) is 0.929. The topological polar surface area (TPSA) is 57.6 Å². The lowest BCUT2D eigenvalue weighted by molar-refractivity contribution is -0.139. The molecule has 1 aromatic rings. The molecule has 1 atom stereocenters. The van der Waals surface area contributed by atoms with Crippen molar-refractivity contribution >= 4 is 35.1 Å². The van der Waals surface area contributed by atoms with Gasteiger partial charge in [-0.2, -0.15) is 0 Å². The molecule has 0 aliphatic carbocycles. The van der Waals surface area contributed by atoms with Gasteiger partial charge in [-0.1, -0.05) is 29.3 Å². The molecular formula is C14H15Cl2NO3.